The molecule has 0 radical (unpaired) electrons. The molecule has 12 heteroatoms. The van der Waals surface area contributed by atoms with E-state index in [9.17, 15) is 23.3 Å². The molecule has 1 aromatic carbocycles. The second-order valence-corrected chi connectivity index (χ2v) is 10.1. The van der Waals surface area contributed by atoms with Crippen LogP contribution in [0, 0.1) is 33.3 Å². The normalized spacial score (nSPS) is 29.1. The molecule has 4 saturated carbocycles. The minimum Gasteiger partial charge on any atom is -0.405 e. The Morgan fingerprint density at radius 1 is 1.17 bits per heavy atom. The van der Waals surface area contributed by atoms with Crippen LogP contribution < -0.4 is 21.1 Å². The topological polar surface area (TPSA) is 128 Å². The van der Waals surface area contributed by atoms with Crippen LogP contribution in [-0.2, 0) is 6.54 Å². The average Bonchev–Trinajstić information content (AvgIpc) is 2.79. The zero-order chi connectivity index (χ0) is 24.8. The summed E-state index contributed by atoms with van der Waals surface area (Å²) in [6.45, 7) is 0.499. The Hall–Kier alpha value is -3.15. The molecular weight excluding hydrogens is 465 g/mol. The summed E-state index contributed by atoms with van der Waals surface area (Å²) in [7, 11) is 0. The van der Waals surface area contributed by atoms with E-state index in [2.05, 4.69) is 25.3 Å². The van der Waals surface area contributed by atoms with E-state index in [1.165, 1.54) is 31.0 Å². The molecule has 1 aromatic heterocycles. The van der Waals surface area contributed by atoms with Crippen molar-refractivity contribution in [2.75, 3.05) is 17.2 Å². The van der Waals surface area contributed by atoms with E-state index in [0.29, 0.717) is 24.3 Å². The van der Waals surface area contributed by atoms with Crippen LogP contribution in [-0.4, -0.2) is 33.8 Å². The van der Waals surface area contributed by atoms with Gasteiger partial charge in [0.05, 0.1) is 4.92 Å². The quantitative estimate of drug-likeness (QED) is 0.364. The van der Waals surface area contributed by atoms with Gasteiger partial charge in [0.25, 0.3) is 0 Å². The lowest BCUT2D eigenvalue weighted by molar-refractivity contribution is -0.384. The maximum atomic E-state index is 12.7. The number of hydrogen-bond acceptors (Lipinski definition) is 8. The Labute approximate surface area is 199 Å². The summed E-state index contributed by atoms with van der Waals surface area (Å²) < 4.78 is 42.1. The molecule has 4 aliphatic rings. The van der Waals surface area contributed by atoms with Gasteiger partial charge in [-0.3, -0.25) is 10.1 Å². The fraction of sp³-hybridized carbons (Fsp3) is 0.565. The van der Waals surface area contributed by atoms with Gasteiger partial charge in [-0.25, -0.2) is 4.98 Å². The fourth-order valence-corrected chi connectivity index (χ4v) is 6.49. The summed E-state index contributed by atoms with van der Waals surface area (Å²) >= 11 is 0. The average molecular weight is 493 g/mol. The van der Waals surface area contributed by atoms with E-state index in [1.54, 1.807) is 6.07 Å². The van der Waals surface area contributed by atoms with Gasteiger partial charge >= 0.3 is 12.0 Å². The number of aromatic nitrogens is 2. The summed E-state index contributed by atoms with van der Waals surface area (Å²) in [6, 6.07) is 5.96. The Bertz CT molecular complexity index is 1100. The van der Waals surface area contributed by atoms with Crippen LogP contribution in [0.3, 0.4) is 0 Å². The smallest absolute Gasteiger partial charge is 0.405 e. The molecule has 9 nitrogen and oxygen atoms in total. The van der Waals surface area contributed by atoms with Crippen molar-refractivity contribution in [2.24, 2.45) is 28.9 Å². The molecule has 4 bridgehead atoms. The lowest BCUT2D eigenvalue weighted by Crippen LogP contribution is -2.58. The van der Waals surface area contributed by atoms with Crippen molar-refractivity contribution >= 4 is 17.5 Å². The lowest BCUT2D eigenvalue weighted by Gasteiger charge is -2.59. The van der Waals surface area contributed by atoms with Crippen molar-refractivity contribution < 1.29 is 22.8 Å². The van der Waals surface area contributed by atoms with Crippen LogP contribution in [0.5, 0.6) is 5.75 Å². The highest BCUT2D eigenvalue weighted by molar-refractivity contribution is 5.57. The summed E-state index contributed by atoms with van der Waals surface area (Å²) in [6.07, 6.45) is 1.72. The number of nitrogens with zero attached hydrogens (tertiary/aromatic N) is 3. The molecule has 35 heavy (non-hydrogen) atoms. The van der Waals surface area contributed by atoms with E-state index < -0.39 is 11.3 Å². The molecule has 0 saturated heterocycles. The van der Waals surface area contributed by atoms with Crippen LogP contribution in [0.25, 0.3) is 0 Å². The summed E-state index contributed by atoms with van der Waals surface area (Å²) in [4.78, 5) is 19.3. The van der Waals surface area contributed by atoms with Crippen molar-refractivity contribution in [2.45, 2.75) is 51.1 Å². The van der Waals surface area contributed by atoms with Crippen molar-refractivity contribution in [1.82, 2.24) is 9.97 Å². The maximum absolute atomic E-state index is 12.7. The van der Waals surface area contributed by atoms with Crippen molar-refractivity contribution in [3.05, 3.63) is 46.1 Å². The van der Waals surface area contributed by atoms with Gasteiger partial charge in [-0.2, -0.15) is 4.98 Å². The minimum atomic E-state index is -4.82. The van der Waals surface area contributed by atoms with Gasteiger partial charge in [0.2, 0.25) is 11.8 Å². The first kappa shape index (κ1) is 23.6. The molecule has 4 fully saturated rings. The molecule has 2 aromatic rings. The van der Waals surface area contributed by atoms with Crippen LogP contribution in [0.1, 0.15) is 37.7 Å². The Kier molecular flexibility index (Phi) is 5.94. The van der Waals surface area contributed by atoms with Crippen LogP contribution in [0.15, 0.2) is 30.5 Å². The van der Waals surface area contributed by atoms with E-state index in [0.717, 1.165) is 25.5 Å². The number of para-hydroxylation sites is 1. The zero-order valence-electron chi connectivity index (χ0n) is 18.9. The standard InChI is InChI=1S/C23H27F3N6O3/c24-23(25,26)35-18-4-2-1-3-14(18)10-28-21-29-11-17(32(33)34)20(31-21)30-12-22-7-13-5-15(8-22)19(27)16(6-13)9-22/h1-4,11,13,15-16,19H,5-10,12,27H2,(H2,28,29,30,31)/t13?,15-,16+,19?,22?. The van der Waals surface area contributed by atoms with Gasteiger partial charge in [0, 0.05) is 24.7 Å². The first-order chi connectivity index (χ1) is 16.6. The molecule has 4 aliphatic carbocycles. The van der Waals surface area contributed by atoms with E-state index in [1.807, 2.05) is 0 Å². The third kappa shape index (κ3) is 4.97. The second kappa shape index (κ2) is 8.81. The summed E-state index contributed by atoms with van der Waals surface area (Å²) in [5.41, 5.74) is 6.47. The van der Waals surface area contributed by atoms with Crippen molar-refractivity contribution in [3.8, 4) is 5.75 Å². The molecule has 0 aliphatic heterocycles. The Morgan fingerprint density at radius 2 is 1.89 bits per heavy atom. The lowest BCUT2D eigenvalue weighted by atomic mass is 9.48. The van der Waals surface area contributed by atoms with E-state index >= 15 is 0 Å². The maximum Gasteiger partial charge on any atom is 0.573 e. The van der Waals surface area contributed by atoms with Crippen LogP contribution in [0.2, 0.25) is 0 Å². The summed E-state index contributed by atoms with van der Waals surface area (Å²) in [5.74, 6) is 1.47. The first-order valence-corrected chi connectivity index (χ1v) is 11.7. The minimum absolute atomic E-state index is 0.0483. The number of nitrogens with one attached hydrogen (secondary N) is 2. The largest absolute Gasteiger partial charge is 0.573 e. The highest BCUT2D eigenvalue weighted by Gasteiger charge is 2.54. The molecule has 6 rings (SSSR count). The molecule has 5 atom stereocenters. The number of alkyl halides is 3. The molecule has 0 amide bonds. The number of nitro groups is 1. The zero-order valence-corrected chi connectivity index (χ0v) is 18.9. The van der Waals surface area contributed by atoms with Crippen molar-refractivity contribution in [1.29, 1.82) is 0 Å². The third-order valence-corrected chi connectivity index (χ3v) is 7.71. The molecular formula is C23H27F3N6O3. The SMILES string of the molecule is NC1[C@@H]2CC3C[C@H]1CC(CNc1nc(NCc4ccccc4OC(F)(F)F)ncc1[N+](=O)[O-])(C3)C2. The van der Waals surface area contributed by atoms with Crippen LogP contribution >= 0.6 is 0 Å². The van der Waals surface area contributed by atoms with E-state index in [4.69, 9.17) is 5.73 Å². The second-order valence-electron chi connectivity index (χ2n) is 10.1. The van der Waals surface area contributed by atoms with Gasteiger partial charge in [-0.15, -0.1) is 13.2 Å². The number of anilines is 2. The highest BCUT2D eigenvalue weighted by Crippen LogP contribution is 2.59. The number of halogens is 3. The van der Waals surface area contributed by atoms with Gasteiger partial charge in [0.1, 0.15) is 11.9 Å². The number of rotatable bonds is 8. The first-order valence-electron chi connectivity index (χ1n) is 11.7. The molecule has 1 heterocycles. The number of ether oxygens (including phenoxy) is 1. The van der Waals surface area contributed by atoms with Crippen LogP contribution in [0.4, 0.5) is 30.6 Å². The van der Waals surface area contributed by atoms with Crippen molar-refractivity contribution in [3.63, 3.8) is 0 Å². The molecule has 188 valence electrons. The molecule has 4 N–H and O–H groups in total. The van der Waals surface area contributed by atoms with Gasteiger partial charge in [-0.05, 0) is 61.3 Å². The predicted octanol–water partition coefficient (Wildman–Crippen LogP) is 4.46. The predicted molar refractivity (Wildman–Crippen MR) is 122 cm³/mol. The Balaban J connectivity index is 1.30. The van der Waals surface area contributed by atoms with Gasteiger partial charge in [-0.1, -0.05) is 18.2 Å². The molecule has 0 spiro atoms. The fourth-order valence-electron chi connectivity index (χ4n) is 6.49. The number of nitrogens with two attached hydrogens (primary N) is 1. The molecule has 3 unspecified atom stereocenters. The Morgan fingerprint density at radius 3 is 2.57 bits per heavy atom. The number of hydrogen-bond donors (Lipinski definition) is 3. The van der Waals surface area contributed by atoms with Gasteiger partial charge < -0.3 is 21.1 Å². The van der Waals surface area contributed by atoms with Gasteiger partial charge in [0.15, 0.2) is 0 Å². The summed E-state index contributed by atoms with van der Waals surface area (Å²) in [5, 5.41) is 17.6. The highest BCUT2D eigenvalue weighted by atomic mass is 19.4. The monoisotopic (exact) mass is 492 g/mol. The number of benzene rings is 1. The van der Waals surface area contributed by atoms with E-state index in [-0.39, 0.29) is 46.8 Å². The third-order valence-electron chi connectivity index (χ3n) is 7.71.